The van der Waals surface area contributed by atoms with Gasteiger partial charge in [-0.1, -0.05) is 35.1 Å². The van der Waals surface area contributed by atoms with Crippen LogP contribution in [0.1, 0.15) is 17.2 Å². The number of nitrogens with zero attached hydrogens (tertiary/aromatic N) is 2. The molecule has 3 aromatic carbocycles. The predicted molar refractivity (Wildman–Crippen MR) is 137 cm³/mol. The highest BCUT2D eigenvalue weighted by Gasteiger charge is 2.48. The van der Waals surface area contributed by atoms with Crippen LogP contribution >= 0.6 is 22.9 Å². The number of benzene rings is 3. The van der Waals surface area contributed by atoms with E-state index < -0.39 is 35.1 Å². The molecular weight excluding hydrogens is 542 g/mol. The SMILES string of the molecule is COc1cc(OC)c(/C(O)=C2\C(=O)C(=O)N(c3nc4c(F)cc(F)cc4s3)C2c2ccc(O)cc2)cc1Cl. The number of ether oxygens (including phenoxy) is 2. The lowest BCUT2D eigenvalue weighted by Gasteiger charge is -2.23. The van der Waals surface area contributed by atoms with Gasteiger partial charge in [0.25, 0.3) is 5.78 Å². The van der Waals surface area contributed by atoms with Crippen LogP contribution in [0.5, 0.6) is 17.2 Å². The zero-order valence-corrected chi connectivity index (χ0v) is 21.2. The Hall–Kier alpha value is -4.22. The molecule has 2 heterocycles. The number of phenols is 1. The van der Waals surface area contributed by atoms with E-state index in [0.29, 0.717) is 11.6 Å². The van der Waals surface area contributed by atoms with Crippen LogP contribution in [0.4, 0.5) is 13.9 Å². The molecule has 0 spiro atoms. The molecule has 194 valence electrons. The Morgan fingerprint density at radius 2 is 1.74 bits per heavy atom. The Morgan fingerprint density at radius 1 is 1.05 bits per heavy atom. The van der Waals surface area contributed by atoms with Crippen molar-refractivity contribution >= 4 is 55.7 Å². The second-order valence-electron chi connectivity index (χ2n) is 8.18. The first-order valence-electron chi connectivity index (χ1n) is 10.9. The molecule has 4 aromatic rings. The van der Waals surface area contributed by atoms with Gasteiger partial charge in [0.15, 0.2) is 10.9 Å². The summed E-state index contributed by atoms with van der Waals surface area (Å²) in [5, 5.41) is 21.2. The second kappa shape index (κ2) is 9.58. The van der Waals surface area contributed by atoms with E-state index in [9.17, 15) is 28.6 Å². The van der Waals surface area contributed by atoms with Crippen LogP contribution in [0.3, 0.4) is 0 Å². The molecule has 1 aliphatic heterocycles. The van der Waals surface area contributed by atoms with Gasteiger partial charge in [-0.15, -0.1) is 0 Å². The maximum absolute atomic E-state index is 14.4. The number of fused-ring (bicyclic) bond motifs is 1. The number of hydrogen-bond acceptors (Lipinski definition) is 8. The average molecular weight is 559 g/mol. The Balaban J connectivity index is 1.77. The Kier molecular flexibility index (Phi) is 6.41. The number of anilines is 1. The number of hydrogen-bond donors (Lipinski definition) is 2. The number of halogens is 3. The van der Waals surface area contributed by atoms with Gasteiger partial charge in [0.05, 0.1) is 41.1 Å². The fourth-order valence-electron chi connectivity index (χ4n) is 4.24. The molecule has 2 N–H and O–H groups in total. The summed E-state index contributed by atoms with van der Waals surface area (Å²) in [4.78, 5) is 31.9. The number of phenolic OH excluding ortho intramolecular Hbond substituents is 1. The van der Waals surface area contributed by atoms with Crippen LogP contribution < -0.4 is 14.4 Å². The number of carbonyl (C=O) groups excluding carboxylic acids is 2. The Morgan fingerprint density at radius 3 is 2.39 bits per heavy atom. The number of aliphatic hydroxyl groups is 1. The standard InChI is InChI=1S/C26H17ClF2N2O6S/c1-36-17-10-18(37-2)15(27)9-14(17)23(33)20-22(11-3-5-13(32)6-4-11)31(25(35)24(20)34)26-30-21-16(29)7-12(28)8-19(21)38-26/h3-10,22,32-33H,1-2H3/b23-20+. The molecule has 0 radical (unpaired) electrons. The van der Waals surface area contributed by atoms with Gasteiger partial charge in [0, 0.05) is 12.1 Å². The van der Waals surface area contributed by atoms with Crippen molar-refractivity contribution in [2.45, 2.75) is 6.04 Å². The molecule has 1 atom stereocenters. The molecular formula is C26H17ClF2N2O6S. The number of methoxy groups -OCH3 is 2. The summed E-state index contributed by atoms with van der Waals surface area (Å²) in [6.45, 7) is 0. The molecule has 1 unspecified atom stereocenters. The lowest BCUT2D eigenvalue weighted by molar-refractivity contribution is -0.132. The van der Waals surface area contributed by atoms with Crippen molar-refractivity contribution < 1.29 is 38.1 Å². The fourth-order valence-corrected chi connectivity index (χ4v) is 5.51. The van der Waals surface area contributed by atoms with Crippen LogP contribution in [0.15, 0.2) is 54.1 Å². The van der Waals surface area contributed by atoms with E-state index >= 15 is 0 Å². The van der Waals surface area contributed by atoms with Gasteiger partial charge in [0.2, 0.25) is 0 Å². The summed E-state index contributed by atoms with van der Waals surface area (Å²) in [7, 11) is 2.73. The predicted octanol–water partition coefficient (Wildman–Crippen LogP) is 5.58. The third-order valence-electron chi connectivity index (χ3n) is 5.99. The fraction of sp³-hybridized carbons (Fsp3) is 0.115. The van der Waals surface area contributed by atoms with Crippen molar-refractivity contribution in [2.75, 3.05) is 19.1 Å². The minimum atomic E-state index is -1.24. The summed E-state index contributed by atoms with van der Waals surface area (Å²) in [5.41, 5.74) is -0.168. The van der Waals surface area contributed by atoms with Crippen LogP contribution in [-0.4, -0.2) is 41.1 Å². The van der Waals surface area contributed by atoms with Gasteiger partial charge >= 0.3 is 5.91 Å². The molecule has 38 heavy (non-hydrogen) atoms. The molecule has 1 saturated heterocycles. The van der Waals surface area contributed by atoms with Crippen LogP contribution in [0.2, 0.25) is 5.02 Å². The maximum atomic E-state index is 14.4. The lowest BCUT2D eigenvalue weighted by Crippen LogP contribution is -2.29. The first kappa shape index (κ1) is 25.4. The summed E-state index contributed by atoms with van der Waals surface area (Å²) in [6.07, 6.45) is 0. The van der Waals surface area contributed by atoms with Gasteiger partial charge < -0.3 is 19.7 Å². The van der Waals surface area contributed by atoms with Crippen molar-refractivity contribution in [3.05, 3.63) is 81.9 Å². The van der Waals surface area contributed by atoms with Crippen molar-refractivity contribution in [3.8, 4) is 17.2 Å². The largest absolute Gasteiger partial charge is 0.508 e. The zero-order valence-electron chi connectivity index (χ0n) is 19.7. The quantitative estimate of drug-likeness (QED) is 0.187. The van der Waals surface area contributed by atoms with Crippen molar-refractivity contribution in [3.63, 3.8) is 0 Å². The molecule has 1 fully saturated rings. The average Bonchev–Trinajstić information content (AvgIpc) is 3.42. The number of carbonyl (C=O) groups is 2. The summed E-state index contributed by atoms with van der Waals surface area (Å²) >= 11 is 7.06. The third kappa shape index (κ3) is 4.09. The Bertz CT molecular complexity index is 1650. The summed E-state index contributed by atoms with van der Waals surface area (Å²) < 4.78 is 38.9. The highest BCUT2D eigenvalue weighted by Crippen LogP contribution is 2.46. The zero-order chi connectivity index (χ0) is 27.3. The summed E-state index contributed by atoms with van der Waals surface area (Å²) in [6, 6.07) is 8.82. The van der Waals surface area contributed by atoms with Gasteiger partial charge in [0.1, 0.15) is 34.3 Å². The molecule has 0 aliphatic carbocycles. The molecule has 1 amide bonds. The number of amides is 1. The maximum Gasteiger partial charge on any atom is 0.301 e. The van der Waals surface area contributed by atoms with Gasteiger partial charge in [-0.05, 0) is 29.8 Å². The first-order chi connectivity index (χ1) is 18.1. The molecule has 12 heteroatoms. The summed E-state index contributed by atoms with van der Waals surface area (Å²) in [5.74, 6) is -4.18. The number of rotatable bonds is 5. The number of Topliss-reactive ketones (excluding diaryl/α,β-unsaturated/α-hetero) is 1. The number of aromatic nitrogens is 1. The van der Waals surface area contributed by atoms with Gasteiger partial charge in [-0.2, -0.15) is 0 Å². The first-order valence-corrected chi connectivity index (χ1v) is 12.1. The molecule has 1 aromatic heterocycles. The molecule has 0 bridgehead atoms. The highest BCUT2D eigenvalue weighted by atomic mass is 35.5. The molecule has 8 nitrogen and oxygen atoms in total. The number of aliphatic hydroxyl groups excluding tert-OH is 1. The monoisotopic (exact) mass is 558 g/mol. The van der Waals surface area contributed by atoms with E-state index in [4.69, 9.17) is 21.1 Å². The van der Waals surface area contributed by atoms with Crippen molar-refractivity contribution in [1.29, 1.82) is 0 Å². The van der Waals surface area contributed by atoms with Crippen LogP contribution in [0, 0.1) is 11.6 Å². The van der Waals surface area contributed by atoms with Gasteiger partial charge in [-0.25, -0.2) is 13.8 Å². The smallest absolute Gasteiger partial charge is 0.301 e. The van der Waals surface area contributed by atoms with Gasteiger partial charge in [-0.3, -0.25) is 14.5 Å². The number of thiazole rings is 1. The number of ketones is 1. The van der Waals surface area contributed by atoms with E-state index in [-0.39, 0.29) is 48.8 Å². The third-order valence-corrected chi connectivity index (χ3v) is 7.29. The minimum absolute atomic E-state index is 0.0116. The molecule has 1 aliphatic rings. The second-order valence-corrected chi connectivity index (χ2v) is 9.59. The minimum Gasteiger partial charge on any atom is -0.508 e. The lowest BCUT2D eigenvalue weighted by atomic mass is 9.95. The molecule has 0 saturated carbocycles. The van der Waals surface area contributed by atoms with Crippen LogP contribution in [-0.2, 0) is 9.59 Å². The normalized spacial score (nSPS) is 16.9. The van der Waals surface area contributed by atoms with E-state index in [1.807, 2.05) is 0 Å². The van der Waals surface area contributed by atoms with E-state index in [0.717, 1.165) is 22.3 Å². The van der Waals surface area contributed by atoms with E-state index in [1.165, 1.54) is 50.6 Å². The highest BCUT2D eigenvalue weighted by molar-refractivity contribution is 7.22. The van der Waals surface area contributed by atoms with E-state index in [2.05, 4.69) is 4.98 Å². The number of aromatic hydroxyl groups is 1. The Labute approximate surface area is 222 Å². The van der Waals surface area contributed by atoms with Crippen molar-refractivity contribution in [1.82, 2.24) is 4.98 Å². The van der Waals surface area contributed by atoms with Crippen molar-refractivity contribution in [2.24, 2.45) is 0 Å². The van der Waals surface area contributed by atoms with Crippen LogP contribution in [0.25, 0.3) is 16.0 Å². The topological polar surface area (TPSA) is 109 Å². The molecule has 5 rings (SSSR count). The van der Waals surface area contributed by atoms with E-state index in [1.54, 1.807) is 0 Å².